The predicted molar refractivity (Wildman–Crippen MR) is 119 cm³/mol. The van der Waals surface area contributed by atoms with Gasteiger partial charge in [-0.15, -0.1) is 0 Å². The minimum absolute atomic E-state index is 0.0257. The second-order valence-corrected chi connectivity index (χ2v) is 9.74. The second-order valence-electron chi connectivity index (χ2n) is 7.02. The van der Waals surface area contributed by atoms with Gasteiger partial charge in [0.05, 0.1) is 35.4 Å². The largest absolute Gasteiger partial charge is 0.494 e. The molecule has 0 spiro atoms. The number of hydrogen-bond donors (Lipinski definition) is 0. The summed E-state index contributed by atoms with van der Waals surface area (Å²) in [5.41, 5.74) is 0.969. The number of ether oxygens (including phenoxy) is 2. The molecule has 2 aromatic rings. The Morgan fingerprint density at radius 3 is 2.39 bits per heavy atom. The number of sulfonamides is 1. The smallest absolute Gasteiger partial charge is 0.255 e. The van der Waals surface area contributed by atoms with E-state index in [4.69, 9.17) is 32.7 Å². The Bertz CT molecular complexity index is 1040. The average molecular weight is 487 g/mol. The summed E-state index contributed by atoms with van der Waals surface area (Å²) in [6.45, 7) is 3.86. The van der Waals surface area contributed by atoms with Crippen molar-refractivity contribution in [3.63, 3.8) is 0 Å². The lowest BCUT2D eigenvalue weighted by atomic mass is 10.1. The van der Waals surface area contributed by atoms with Gasteiger partial charge in [0, 0.05) is 26.7 Å². The number of benzene rings is 2. The first kappa shape index (κ1) is 23.8. The van der Waals surface area contributed by atoms with Gasteiger partial charge >= 0.3 is 0 Å². The normalized spacial score (nSPS) is 15.0. The molecule has 3 rings (SSSR count). The van der Waals surface area contributed by atoms with Crippen LogP contribution in [-0.2, 0) is 21.3 Å². The van der Waals surface area contributed by atoms with Gasteiger partial charge in [-0.1, -0.05) is 35.3 Å². The van der Waals surface area contributed by atoms with E-state index < -0.39 is 15.9 Å². The third-order valence-corrected chi connectivity index (χ3v) is 7.52. The molecule has 0 aromatic heterocycles. The van der Waals surface area contributed by atoms with Crippen LogP contribution < -0.4 is 4.74 Å². The Morgan fingerprint density at radius 2 is 1.77 bits per heavy atom. The van der Waals surface area contributed by atoms with E-state index in [1.165, 1.54) is 21.3 Å². The fourth-order valence-electron chi connectivity index (χ4n) is 3.23. The summed E-state index contributed by atoms with van der Waals surface area (Å²) in [5, 5.41) is 0.0664. The zero-order valence-corrected chi connectivity index (χ0v) is 19.6. The van der Waals surface area contributed by atoms with E-state index in [1.54, 1.807) is 7.05 Å². The Hall–Kier alpha value is -1.84. The van der Waals surface area contributed by atoms with Crippen molar-refractivity contribution in [3.05, 3.63) is 57.6 Å². The number of rotatable bonds is 7. The van der Waals surface area contributed by atoms with Gasteiger partial charge in [-0.3, -0.25) is 4.79 Å². The highest BCUT2D eigenvalue weighted by molar-refractivity contribution is 7.89. The fourth-order valence-corrected chi connectivity index (χ4v) is 5.46. The van der Waals surface area contributed by atoms with E-state index in [9.17, 15) is 13.2 Å². The Kier molecular flexibility index (Phi) is 7.82. The van der Waals surface area contributed by atoms with Crippen LogP contribution >= 0.6 is 23.2 Å². The van der Waals surface area contributed by atoms with Gasteiger partial charge in [-0.05, 0) is 36.8 Å². The van der Waals surface area contributed by atoms with Crippen LogP contribution in [0.25, 0.3) is 0 Å². The van der Waals surface area contributed by atoms with E-state index in [1.807, 2.05) is 31.2 Å². The van der Waals surface area contributed by atoms with Gasteiger partial charge in [0.25, 0.3) is 5.91 Å². The van der Waals surface area contributed by atoms with Crippen molar-refractivity contribution in [3.8, 4) is 5.75 Å². The van der Waals surface area contributed by atoms with Crippen LogP contribution in [0.3, 0.4) is 0 Å². The first-order chi connectivity index (χ1) is 14.7. The molecule has 1 amide bonds. The molecule has 1 aliphatic rings. The zero-order chi connectivity index (χ0) is 22.6. The quantitative estimate of drug-likeness (QED) is 0.596. The van der Waals surface area contributed by atoms with Crippen LogP contribution in [0.1, 0.15) is 22.8 Å². The molecule has 0 N–H and O–H groups in total. The molecule has 0 saturated carbocycles. The molecule has 2 aromatic carbocycles. The number of morpholine rings is 1. The van der Waals surface area contributed by atoms with Crippen LogP contribution in [0.4, 0.5) is 0 Å². The highest BCUT2D eigenvalue weighted by Gasteiger charge is 2.30. The van der Waals surface area contributed by atoms with Crippen LogP contribution in [0.2, 0.25) is 10.0 Å². The van der Waals surface area contributed by atoms with Crippen molar-refractivity contribution in [2.75, 3.05) is 40.0 Å². The molecular weight excluding hydrogens is 463 g/mol. The van der Waals surface area contributed by atoms with Crippen molar-refractivity contribution >= 4 is 39.1 Å². The summed E-state index contributed by atoms with van der Waals surface area (Å²) in [4.78, 5) is 14.4. The Morgan fingerprint density at radius 1 is 1.13 bits per heavy atom. The topological polar surface area (TPSA) is 76.2 Å². The van der Waals surface area contributed by atoms with E-state index in [0.29, 0.717) is 26.4 Å². The molecule has 0 atom stereocenters. The van der Waals surface area contributed by atoms with Gasteiger partial charge in [0.2, 0.25) is 10.0 Å². The molecule has 7 nitrogen and oxygen atoms in total. The molecule has 168 valence electrons. The molecule has 0 radical (unpaired) electrons. The van der Waals surface area contributed by atoms with Gasteiger partial charge in [0.1, 0.15) is 10.6 Å². The molecule has 10 heteroatoms. The molecule has 31 heavy (non-hydrogen) atoms. The molecule has 0 aliphatic carbocycles. The van der Waals surface area contributed by atoms with Crippen molar-refractivity contribution in [1.29, 1.82) is 0 Å². The molecule has 1 fully saturated rings. The number of carbonyl (C=O) groups is 1. The van der Waals surface area contributed by atoms with Crippen LogP contribution in [0.15, 0.2) is 41.3 Å². The molecule has 1 aliphatic heterocycles. The summed E-state index contributed by atoms with van der Waals surface area (Å²) in [5.74, 6) is 0.341. The summed E-state index contributed by atoms with van der Waals surface area (Å²) in [6.07, 6.45) is 0. The SMILES string of the molecule is CCOc1ccc(CN(C)C(=O)c2cc(S(=O)(=O)N3CCOCC3)c(Cl)cc2Cl)cc1. The van der Waals surface area contributed by atoms with Gasteiger partial charge in [0.15, 0.2) is 0 Å². The summed E-state index contributed by atoms with van der Waals surface area (Å²) in [6, 6.07) is 9.96. The lowest BCUT2D eigenvalue weighted by Gasteiger charge is -2.27. The van der Waals surface area contributed by atoms with E-state index in [-0.39, 0.29) is 33.6 Å². The van der Waals surface area contributed by atoms with Gasteiger partial charge < -0.3 is 14.4 Å². The third kappa shape index (κ3) is 5.51. The fraction of sp³-hybridized carbons (Fsp3) is 0.381. The minimum atomic E-state index is -3.88. The Balaban J connectivity index is 1.84. The van der Waals surface area contributed by atoms with Gasteiger partial charge in [-0.2, -0.15) is 4.31 Å². The van der Waals surface area contributed by atoms with E-state index >= 15 is 0 Å². The molecule has 1 heterocycles. The minimum Gasteiger partial charge on any atom is -0.494 e. The van der Waals surface area contributed by atoms with Crippen molar-refractivity contribution < 1.29 is 22.7 Å². The summed E-state index contributed by atoms with van der Waals surface area (Å²) >= 11 is 12.5. The number of carbonyl (C=O) groups excluding carboxylic acids is 1. The number of halogens is 2. The molecule has 0 unspecified atom stereocenters. The zero-order valence-electron chi connectivity index (χ0n) is 17.3. The number of hydrogen-bond acceptors (Lipinski definition) is 5. The summed E-state index contributed by atoms with van der Waals surface area (Å²) < 4.78 is 38.0. The standard InChI is InChI=1S/C21H24Cl2N2O5S/c1-3-30-16-6-4-15(5-7-16)14-24(2)21(26)17-12-20(19(23)13-18(17)22)31(27,28)25-8-10-29-11-9-25/h4-7,12-13H,3,8-11,14H2,1-2H3. The predicted octanol–water partition coefficient (Wildman–Crippen LogP) is 3.69. The third-order valence-electron chi connectivity index (χ3n) is 4.84. The average Bonchev–Trinajstić information content (AvgIpc) is 2.75. The van der Waals surface area contributed by atoms with Gasteiger partial charge in [-0.25, -0.2) is 8.42 Å². The lowest BCUT2D eigenvalue weighted by molar-refractivity contribution is 0.0730. The van der Waals surface area contributed by atoms with E-state index in [0.717, 1.165) is 11.3 Å². The molecular formula is C21H24Cl2N2O5S. The first-order valence-electron chi connectivity index (χ1n) is 9.78. The van der Waals surface area contributed by atoms with E-state index in [2.05, 4.69) is 0 Å². The van der Waals surface area contributed by atoms with Crippen molar-refractivity contribution in [2.24, 2.45) is 0 Å². The molecule has 1 saturated heterocycles. The maximum atomic E-state index is 13.1. The summed E-state index contributed by atoms with van der Waals surface area (Å²) in [7, 11) is -2.26. The number of nitrogens with zero attached hydrogens (tertiary/aromatic N) is 2. The Labute approximate surface area is 192 Å². The monoisotopic (exact) mass is 486 g/mol. The van der Waals surface area contributed by atoms with Crippen molar-refractivity contribution in [1.82, 2.24) is 9.21 Å². The van der Waals surface area contributed by atoms with Crippen molar-refractivity contribution in [2.45, 2.75) is 18.4 Å². The van der Waals surface area contributed by atoms with Crippen LogP contribution in [-0.4, -0.2) is 63.5 Å². The highest BCUT2D eigenvalue weighted by atomic mass is 35.5. The second kappa shape index (κ2) is 10.2. The first-order valence-corrected chi connectivity index (χ1v) is 12.0. The highest BCUT2D eigenvalue weighted by Crippen LogP contribution is 2.32. The maximum Gasteiger partial charge on any atom is 0.255 e. The molecule has 0 bridgehead atoms. The van der Waals surface area contributed by atoms with Crippen LogP contribution in [0.5, 0.6) is 5.75 Å². The lowest BCUT2D eigenvalue weighted by Crippen LogP contribution is -2.40. The number of amides is 1. The maximum absolute atomic E-state index is 13.1. The van der Waals surface area contributed by atoms with Crippen LogP contribution in [0, 0.1) is 0 Å².